The number of methoxy groups -OCH3 is 1. The molecule has 0 aromatic heterocycles. The van der Waals surface area contributed by atoms with Crippen LogP contribution < -0.4 is 4.74 Å². The van der Waals surface area contributed by atoms with Gasteiger partial charge in [-0.05, 0) is 44.1 Å². The lowest BCUT2D eigenvalue weighted by Gasteiger charge is -2.23. The molecule has 1 rings (SSSR count). The maximum atomic E-state index is 5.46. The highest BCUT2D eigenvalue weighted by molar-refractivity contribution is 9.10. The molecule has 19 heavy (non-hydrogen) atoms. The highest BCUT2D eigenvalue weighted by atomic mass is 79.9. The summed E-state index contributed by atoms with van der Waals surface area (Å²) in [7, 11) is 1.75. The van der Waals surface area contributed by atoms with Crippen LogP contribution in [0.2, 0.25) is 0 Å². The zero-order valence-corrected chi connectivity index (χ0v) is 14.0. The van der Waals surface area contributed by atoms with Gasteiger partial charge in [0.2, 0.25) is 0 Å². The molecule has 0 saturated carbocycles. The van der Waals surface area contributed by atoms with Crippen molar-refractivity contribution in [3.05, 3.63) is 28.2 Å². The predicted molar refractivity (Wildman–Crippen MR) is 85.8 cm³/mol. The van der Waals surface area contributed by atoms with Gasteiger partial charge in [-0.1, -0.05) is 42.6 Å². The lowest BCUT2D eigenvalue weighted by Crippen LogP contribution is -2.25. The van der Waals surface area contributed by atoms with E-state index < -0.39 is 0 Å². The van der Waals surface area contributed by atoms with Crippen LogP contribution in [0, 0.1) is 0 Å². The quantitative estimate of drug-likeness (QED) is 0.642. The molecule has 1 aromatic carbocycles. The molecule has 0 saturated heterocycles. The van der Waals surface area contributed by atoms with Gasteiger partial charge < -0.3 is 4.74 Å². The summed E-state index contributed by atoms with van der Waals surface area (Å²) >= 11 is 3.55. The molecule has 0 N–H and O–H groups in total. The van der Waals surface area contributed by atoms with Crippen LogP contribution in [0.1, 0.15) is 45.1 Å². The Balaban J connectivity index is 2.72. The van der Waals surface area contributed by atoms with E-state index in [1.165, 1.54) is 44.3 Å². The van der Waals surface area contributed by atoms with Crippen molar-refractivity contribution >= 4 is 15.9 Å². The molecule has 2 nitrogen and oxygen atoms in total. The summed E-state index contributed by atoms with van der Waals surface area (Å²) in [5, 5.41) is 0. The minimum atomic E-state index is 0.975. The SMILES string of the molecule is CCCCN(CCCC)Cc1cc(Br)ccc1OC. The normalized spacial score (nSPS) is 11.0. The van der Waals surface area contributed by atoms with Gasteiger partial charge in [0.25, 0.3) is 0 Å². The van der Waals surface area contributed by atoms with Crippen molar-refractivity contribution in [3.8, 4) is 5.75 Å². The monoisotopic (exact) mass is 327 g/mol. The Morgan fingerprint density at radius 3 is 2.26 bits per heavy atom. The van der Waals surface area contributed by atoms with Gasteiger partial charge >= 0.3 is 0 Å². The smallest absolute Gasteiger partial charge is 0.123 e. The first kappa shape index (κ1) is 16.5. The molecule has 3 heteroatoms. The van der Waals surface area contributed by atoms with E-state index in [-0.39, 0.29) is 0 Å². The van der Waals surface area contributed by atoms with Crippen molar-refractivity contribution in [2.24, 2.45) is 0 Å². The summed E-state index contributed by atoms with van der Waals surface area (Å²) in [6, 6.07) is 6.24. The van der Waals surface area contributed by atoms with Gasteiger partial charge in [0.1, 0.15) is 5.75 Å². The van der Waals surface area contributed by atoms with Gasteiger partial charge in [0, 0.05) is 16.6 Å². The Morgan fingerprint density at radius 1 is 1.11 bits per heavy atom. The molecule has 0 bridgehead atoms. The van der Waals surface area contributed by atoms with Crippen molar-refractivity contribution in [1.82, 2.24) is 4.90 Å². The van der Waals surface area contributed by atoms with Gasteiger partial charge in [-0.2, -0.15) is 0 Å². The minimum absolute atomic E-state index is 0.975. The summed E-state index contributed by atoms with van der Waals surface area (Å²) in [4.78, 5) is 2.54. The van der Waals surface area contributed by atoms with Crippen LogP contribution in [0.5, 0.6) is 5.75 Å². The number of benzene rings is 1. The van der Waals surface area contributed by atoms with Crippen LogP contribution in [0.15, 0.2) is 22.7 Å². The topological polar surface area (TPSA) is 12.5 Å². The molecule has 0 amide bonds. The van der Waals surface area contributed by atoms with Gasteiger partial charge in [0.15, 0.2) is 0 Å². The fraction of sp³-hybridized carbons (Fsp3) is 0.625. The van der Waals surface area contributed by atoms with Gasteiger partial charge in [-0.15, -0.1) is 0 Å². The third kappa shape index (κ3) is 5.96. The molecule has 0 unspecified atom stereocenters. The summed E-state index contributed by atoms with van der Waals surface area (Å²) in [6.45, 7) is 7.82. The molecule has 0 aliphatic carbocycles. The molecule has 0 aliphatic rings. The Kier molecular flexibility index (Phi) is 8.15. The summed E-state index contributed by atoms with van der Waals surface area (Å²) in [5.74, 6) is 0.987. The predicted octanol–water partition coefficient (Wildman–Crippen LogP) is 4.86. The largest absolute Gasteiger partial charge is 0.496 e. The van der Waals surface area contributed by atoms with Crippen molar-refractivity contribution in [2.45, 2.75) is 46.1 Å². The molecule has 0 aliphatic heterocycles. The average molecular weight is 328 g/mol. The Hall–Kier alpha value is -0.540. The van der Waals surface area contributed by atoms with Crippen molar-refractivity contribution < 1.29 is 4.74 Å². The molecule has 0 heterocycles. The van der Waals surface area contributed by atoms with Gasteiger partial charge in [-0.3, -0.25) is 4.90 Å². The van der Waals surface area contributed by atoms with Crippen molar-refractivity contribution in [2.75, 3.05) is 20.2 Å². The number of ether oxygens (including phenoxy) is 1. The van der Waals surface area contributed by atoms with Crippen LogP contribution in [-0.4, -0.2) is 25.1 Å². The Morgan fingerprint density at radius 2 is 1.74 bits per heavy atom. The first-order valence-electron chi connectivity index (χ1n) is 7.26. The van der Waals surface area contributed by atoms with E-state index in [2.05, 4.69) is 40.7 Å². The fourth-order valence-corrected chi connectivity index (χ4v) is 2.55. The van der Waals surface area contributed by atoms with Crippen LogP contribution in [0.25, 0.3) is 0 Å². The molecule has 0 atom stereocenters. The molecule has 1 aromatic rings. The molecular weight excluding hydrogens is 302 g/mol. The number of halogens is 1. The second-order valence-electron chi connectivity index (χ2n) is 4.94. The van der Waals surface area contributed by atoms with E-state index in [4.69, 9.17) is 4.74 Å². The highest BCUT2D eigenvalue weighted by Gasteiger charge is 2.09. The third-order valence-corrected chi connectivity index (χ3v) is 3.79. The lowest BCUT2D eigenvalue weighted by molar-refractivity contribution is 0.253. The minimum Gasteiger partial charge on any atom is -0.496 e. The number of unbranched alkanes of at least 4 members (excludes halogenated alkanes) is 2. The van der Waals surface area contributed by atoms with E-state index in [9.17, 15) is 0 Å². The lowest BCUT2D eigenvalue weighted by atomic mass is 10.1. The molecule has 108 valence electrons. The highest BCUT2D eigenvalue weighted by Crippen LogP contribution is 2.24. The number of rotatable bonds is 9. The molecule has 0 fully saturated rings. The van der Waals surface area contributed by atoms with E-state index >= 15 is 0 Å². The second kappa shape index (κ2) is 9.38. The number of hydrogen-bond acceptors (Lipinski definition) is 2. The Bertz CT molecular complexity index is 360. The first-order valence-corrected chi connectivity index (χ1v) is 8.05. The van der Waals surface area contributed by atoms with E-state index in [1.54, 1.807) is 7.11 Å². The summed E-state index contributed by atoms with van der Waals surface area (Å²) < 4.78 is 6.58. The zero-order chi connectivity index (χ0) is 14.1. The molecular formula is C16H26BrNO. The Labute approximate surface area is 126 Å². The number of nitrogens with zero attached hydrogens (tertiary/aromatic N) is 1. The van der Waals surface area contributed by atoms with E-state index in [1.807, 2.05) is 12.1 Å². The standard InChI is InChI=1S/C16H26BrNO/c1-4-6-10-18(11-7-5-2)13-14-12-15(17)8-9-16(14)19-3/h8-9,12H,4-7,10-11,13H2,1-3H3. The van der Waals surface area contributed by atoms with Gasteiger partial charge in [-0.25, -0.2) is 0 Å². The maximum absolute atomic E-state index is 5.46. The van der Waals surface area contributed by atoms with Crippen LogP contribution in [-0.2, 0) is 6.54 Å². The third-order valence-electron chi connectivity index (χ3n) is 3.29. The van der Waals surface area contributed by atoms with Crippen LogP contribution >= 0.6 is 15.9 Å². The molecule has 0 radical (unpaired) electrons. The fourth-order valence-electron chi connectivity index (χ4n) is 2.14. The molecule has 0 spiro atoms. The van der Waals surface area contributed by atoms with Gasteiger partial charge in [0.05, 0.1) is 7.11 Å². The summed E-state index contributed by atoms with van der Waals surface area (Å²) in [5.41, 5.74) is 1.27. The van der Waals surface area contributed by atoms with E-state index in [0.717, 1.165) is 16.8 Å². The average Bonchev–Trinajstić information content (AvgIpc) is 2.42. The zero-order valence-electron chi connectivity index (χ0n) is 12.4. The maximum Gasteiger partial charge on any atom is 0.123 e. The summed E-state index contributed by atoms with van der Waals surface area (Å²) in [6.07, 6.45) is 5.02. The second-order valence-corrected chi connectivity index (χ2v) is 5.86. The first-order chi connectivity index (χ1) is 9.21. The van der Waals surface area contributed by atoms with Crippen LogP contribution in [0.4, 0.5) is 0 Å². The van der Waals surface area contributed by atoms with Crippen LogP contribution in [0.3, 0.4) is 0 Å². The number of hydrogen-bond donors (Lipinski definition) is 0. The van der Waals surface area contributed by atoms with E-state index in [0.29, 0.717) is 0 Å². The van der Waals surface area contributed by atoms with Crippen molar-refractivity contribution in [3.63, 3.8) is 0 Å². The van der Waals surface area contributed by atoms with Crippen molar-refractivity contribution in [1.29, 1.82) is 0 Å².